The topological polar surface area (TPSA) is 40.5 Å². The highest BCUT2D eigenvalue weighted by Crippen LogP contribution is 2.48. The standard InChI is InChI=1S/C19H22Cl2NO3P/c1-3-24-26(23,25-4-2)11-5-10-22-18-8-6-14(20)12-16(18)17-13-15(21)7-9-19(17)22/h6-9,12-13H,3-5,10-11H2,1-2H3. The molecule has 0 amide bonds. The lowest BCUT2D eigenvalue weighted by molar-refractivity contribution is 0.219. The zero-order valence-electron chi connectivity index (χ0n) is 14.9. The van der Waals surface area contributed by atoms with Crippen LogP contribution in [-0.4, -0.2) is 23.9 Å². The molecule has 0 spiro atoms. The number of benzene rings is 2. The Hall–Kier alpha value is -1.03. The van der Waals surface area contributed by atoms with Gasteiger partial charge in [-0.3, -0.25) is 4.57 Å². The third-order valence-corrected chi connectivity index (χ3v) is 6.89. The number of hydrogen-bond donors (Lipinski definition) is 0. The zero-order valence-corrected chi connectivity index (χ0v) is 17.3. The van der Waals surface area contributed by atoms with E-state index in [-0.39, 0.29) is 0 Å². The number of aromatic nitrogens is 1. The first-order valence-electron chi connectivity index (χ1n) is 8.72. The molecule has 0 aliphatic rings. The molecule has 1 aromatic heterocycles. The lowest BCUT2D eigenvalue weighted by atomic mass is 10.1. The fraction of sp³-hybridized carbons (Fsp3) is 0.368. The highest BCUT2D eigenvalue weighted by atomic mass is 35.5. The summed E-state index contributed by atoms with van der Waals surface area (Å²) in [5, 5.41) is 3.50. The highest BCUT2D eigenvalue weighted by molar-refractivity contribution is 7.53. The van der Waals surface area contributed by atoms with Gasteiger partial charge in [-0.25, -0.2) is 0 Å². The smallest absolute Gasteiger partial charge is 0.330 e. The molecule has 2 aromatic carbocycles. The minimum absolute atomic E-state index is 0.379. The van der Waals surface area contributed by atoms with Gasteiger partial charge in [-0.15, -0.1) is 0 Å². The van der Waals surface area contributed by atoms with Gasteiger partial charge in [-0.1, -0.05) is 23.2 Å². The van der Waals surface area contributed by atoms with Gasteiger partial charge in [0.25, 0.3) is 0 Å². The maximum Gasteiger partial charge on any atom is 0.330 e. The highest BCUT2D eigenvalue weighted by Gasteiger charge is 2.23. The summed E-state index contributed by atoms with van der Waals surface area (Å²) in [5.74, 6) is 0. The van der Waals surface area contributed by atoms with Crippen LogP contribution in [0.3, 0.4) is 0 Å². The Morgan fingerprint density at radius 1 is 0.923 bits per heavy atom. The molecule has 0 aliphatic heterocycles. The molecule has 0 N–H and O–H groups in total. The summed E-state index contributed by atoms with van der Waals surface area (Å²) in [6, 6.07) is 11.7. The van der Waals surface area contributed by atoms with E-state index in [0.29, 0.717) is 42.4 Å². The molecule has 0 saturated heterocycles. The Labute approximate surface area is 163 Å². The maximum absolute atomic E-state index is 12.7. The number of hydrogen-bond acceptors (Lipinski definition) is 3. The molecule has 3 aromatic rings. The summed E-state index contributed by atoms with van der Waals surface area (Å²) in [6.45, 7) is 5.11. The van der Waals surface area contributed by atoms with Crippen molar-refractivity contribution in [2.24, 2.45) is 0 Å². The summed E-state index contributed by atoms with van der Waals surface area (Å²) in [5.41, 5.74) is 2.16. The van der Waals surface area contributed by atoms with E-state index in [2.05, 4.69) is 4.57 Å². The molecule has 0 saturated carbocycles. The summed E-state index contributed by atoms with van der Waals surface area (Å²) in [7, 11) is -3.03. The van der Waals surface area contributed by atoms with E-state index in [1.807, 2.05) is 50.2 Å². The quantitative estimate of drug-likeness (QED) is 0.383. The molecule has 26 heavy (non-hydrogen) atoms. The van der Waals surface area contributed by atoms with Gasteiger partial charge in [0.1, 0.15) is 0 Å². The Morgan fingerprint density at radius 3 is 1.88 bits per heavy atom. The molecule has 0 unspecified atom stereocenters. The zero-order chi connectivity index (χ0) is 18.7. The van der Waals surface area contributed by atoms with Gasteiger partial charge in [0.15, 0.2) is 0 Å². The van der Waals surface area contributed by atoms with Crippen LogP contribution in [0.2, 0.25) is 10.0 Å². The first-order valence-corrected chi connectivity index (χ1v) is 11.2. The lowest BCUT2D eigenvalue weighted by Crippen LogP contribution is -2.04. The van der Waals surface area contributed by atoms with E-state index >= 15 is 0 Å². The van der Waals surface area contributed by atoms with Crippen LogP contribution < -0.4 is 0 Å². The van der Waals surface area contributed by atoms with Crippen molar-refractivity contribution in [2.75, 3.05) is 19.4 Å². The van der Waals surface area contributed by atoms with E-state index in [4.69, 9.17) is 32.2 Å². The number of rotatable bonds is 8. The van der Waals surface area contributed by atoms with Crippen LogP contribution in [0.5, 0.6) is 0 Å². The lowest BCUT2D eigenvalue weighted by Gasteiger charge is -2.17. The normalized spacial score (nSPS) is 12.3. The fourth-order valence-corrected chi connectivity index (χ4v) is 5.26. The number of aryl methyl sites for hydroxylation is 1. The summed E-state index contributed by atoms with van der Waals surface area (Å²) >= 11 is 12.4. The summed E-state index contributed by atoms with van der Waals surface area (Å²) < 4.78 is 25.6. The van der Waals surface area contributed by atoms with Gasteiger partial charge in [0.05, 0.1) is 19.4 Å². The maximum atomic E-state index is 12.7. The van der Waals surface area contributed by atoms with Crippen molar-refractivity contribution in [3.05, 3.63) is 46.4 Å². The van der Waals surface area contributed by atoms with Gasteiger partial charge in [0, 0.05) is 38.4 Å². The molecule has 0 atom stereocenters. The molecule has 0 bridgehead atoms. The molecule has 1 heterocycles. The minimum atomic E-state index is -3.03. The second-order valence-electron chi connectivity index (χ2n) is 6.00. The van der Waals surface area contributed by atoms with Crippen molar-refractivity contribution in [1.82, 2.24) is 4.57 Å². The van der Waals surface area contributed by atoms with Crippen molar-refractivity contribution in [2.45, 2.75) is 26.8 Å². The molecular weight excluding hydrogens is 392 g/mol. The van der Waals surface area contributed by atoms with Crippen molar-refractivity contribution in [3.63, 3.8) is 0 Å². The molecular formula is C19H22Cl2NO3P. The van der Waals surface area contributed by atoms with Gasteiger partial charge in [0.2, 0.25) is 0 Å². The van der Waals surface area contributed by atoms with E-state index in [1.54, 1.807) is 0 Å². The van der Waals surface area contributed by atoms with Crippen molar-refractivity contribution in [1.29, 1.82) is 0 Å². The predicted octanol–water partition coefficient (Wildman–Crippen LogP) is 6.76. The third-order valence-electron chi connectivity index (χ3n) is 4.25. The van der Waals surface area contributed by atoms with E-state index < -0.39 is 7.60 Å². The van der Waals surface area contributed by atoms with Gasteiger partial charge in [-0.2, -0.15) is 0 Å². The van der Waals surface area contributed by atoms with Crippen LogP contribution in [0.4, 0.5) is 0 Å². The van der Waals surface area contributed by atoms with Crippen LogP contribution in [0.15, 0.2) is 36.4 Å². The van der Waals surface area contributed by atoms with E-state index in [9.17, 15) is 4.57 Å². The predicted molar refractivity (Wildman–Crippen MR) is 110 cm³/mol. The Balaban J connectivity index is 1.93. The van der Waals surface area contributed by atoms with Crippen LogP contribution >= 0.6 is 30.8 Å². The Bertz CT molecular complexity index is 901. The second kappa shape index (κ2) is 8.33. The molecule has 140 valence electrons. The summed E-state index contributed by atoms with van der Waals surface area (Å²) in [4.78, 5) is 0. The Morgan fingerprint density at radius 2 is 1.42 bits per heavy atom. The SMILES string of the molecule is CCOP(=O)(CCCn1c2ccc(Cl)cc2c2cc(Cl)ccc21)OCC. The monoisotopic (exact) mass is 413 g/mol. The molecule has 0 aliphatic carbocycles. The molecule has 0 fully saturated rings. The fourth-order valence-electron chi connectivity index (χ4n) is 3.27. The van der Waals surface area contributed by atoms with Gasteiger partial charge in [-0.05, 0) is 56.7 Å². The van der Waals surface area contributed by atoms with E-state index in [0.717, 1.165) is 21.8 Å². The molecule has 4 nitrogen and oxygen atoms in total. The van der Waals surface area contributed by atoms with Gasteiger partial charge < -0.3 is 13.6 Å². The van der Waals surface area contributed by atoms with Crippen LogP contribution in [0.1, 0.15) is 20.3 Å². The van der Waals surface area contributed by atoms with E-state index in [1.165, 1.54) is 0 Å². The van der Waals surface area contributed by atoms with Crippen molar-refractivity contribution in [3.8, 4) is 0 Å². The minimum Gasteiger partial charge on any atom is -0.340 e. The average Bonchev–Trinajstić information content (AvgIpc) is 2.88. The first-order chi connectivity index (χ1) is 12.5. The summed E-state index contributed by atoms with van der Waals surface area (Å²) in [6.07, 6.45) is 1.07. The Kier molecular flexibility index (Phi) is 6.32. The van der Waals surface area contributed by atoms with Crippen molar-refractivity contribution < 1.29 is 13.6 Å². The van der Waals surface area contributed by atoms with Crippen LogP contribution in [0.25, 0.3) is 21.8 Å². The number of nitrogens with zero attached hydrogens (tertiary/aromatic N) is 1. The van der Waals surface area contributed by atoms with Crippen LogP contribution in [-0.2, 0) is 20.2 Å². The molecule has 0 radical (unpaired) electrons. The first kappa shape index (κ1) is 19.7. The molecule has 7 heteroatoms. The largest absolute Gasteiger partial charge is 0.340 e. The third kappa shape index (κ3) is 4.11. The molecule has 3 rings (SSSR count). The van der Waals surface area contributed by atoms with Crippen molar-refractivity contribution >= 4 is 52.6 Å². The van der Waals surface area contributed by atoms with Crippen LogP contribution in [0, 0.1) is 0 Å². The van der Waals surface area contributed by atoms with Gasteiger partial charge >= 0.3 is 7.60 Å². The average molecular weight is 414 g/mol. The number of halogens is 2. The number of fused-ring (bicyclic) bond motifs is 3. The second-order valence-corrected chi connectivity index (χ2v) is 9.06.